The molecule has 0 saturated heterocycles. The van der Waals surface area contributed by atoms with E-state index >= 15 is 0 Å². The van der Waals surface area contributed by atoms with Gasteiger partial charge in [-0.15, -0.1) is 0 Å². The molecule has 0 atom stereocenters. The first kappa shape index (κ1) is 9.46. The summed E-state index contributed by atoms with van der Waals surface area (Å²) in [6, 6.07) is 6.02. The topological polar surface area (TPSA) is 22.1 Å². The van der Waals surface area contributed by atoms with Crippen LogP contribution in [0.1, 0.15) is 5.56 Å². The smallest absolute Gasteiger partial charge is 0.221 e. The first-order valence-corrected chi connectivity index (χ1v) is 5.11. The molecule has 1 aromatic carbocycles. The van der Waals surface area contributed by atoms with Crippen LogP contribution in [0.15, 0.2) is 28.9 Å². The second kappa shape index (κ2) is 3.58. The second-order valence-electron chi connectivity index (χ2n) is 3.11. The van der Waals surface area contributed by atoms with E-state index in [1.807, 2.05) is 31.3 Å². The van der Waals surface area contributed by atoms with Crippen LogP contribution in [-0.2, 0) is 0 Å². The van der Waals surface area contributed by atoms with Gasteiger partial charge in [0.1, 0.15) is 0 Å². The van der Waals surface area contributed by atoms with E-state index in [2.05, 4.69) is 20.9 Å². The number of fused-ring (bicyclic) bond motifs is 1. The molecule has 2 aromatic rings. The minimum Gasteiger partial charge on any atom is -0.481 e. The number of halogens is 1. The summed E-state index contributed by atoms with van der Waals surface area (Å²) in [4.78, 5) is 4.22. The maximum absolute atomic E-state index is 5.21. The van der Waals surface area contributed by atoms with Gasteiger partial charge in [-0.1, -0.05) is 22.0 Å². The summed E-state index contributed by atoms with van der Waals surface area (Å²) >= 11 is 3.53. The quantitative estimate of drug-likeness (QED) is 0.776. The molecule has 14 heavy (non-hydrogen) atoms. The Hall–Kier alpha value is -1.09. The summed E-state index contributed by atoms with van der Waals surface area (Å²) in [5.74, 6) is 0.673. The largest absolute Gasteiger partial charge is 0.481 e. The fraction of sp³-hybridized carbons (Fsp3) is 0.182. The fourth-order valence-corrected chi connectivity index (χ4v) is 2.23. The zero-order chi connectivity index (χ0) is 10.1. The molecule has 1 heterocycles. The van der Waals surface area contributed by atoms with Gasteiger partial charge in [0.25, 0.3) is 0 Å². The average molecular weight is 252 g/mol. The minimum absolute atomic E-state index is 0.673. The molecule has 0 radical (unpaired) electrons. The zero-order valence-corrected chi connectivity index (χ0v) is 9.63. The third-order valence-corrected chi connectivity index (χ3v) is 2.87. The number of rotatable bonds is 1. The number of hydrogen-bond donors (Lipinski definition) is 0. The molecule has 0 N–H and O–H groups in total. The average Bonchev–Trinajstić information content (AvgIpc) is 2.18. The summed E-state index contributed by atoms with van der Waals surface area (Å²) < 4.78 is 6.28. The molecule has 3 heteroatoms. The van der Waals surface area contributed by atoms with Crippen LogP contribution in [0.4, 0.5) is 0 Å². The van der Waals surface area contributed by atoms with Crippen LogP contribution in [0, 0.1) is 6.92 Å². The van der Waals surface area contributed by atoms with Gasteiger partial charge in [-0.2, -0.15) is 0 Å². The normalized spacial score (nSPS) is 10.5. The number of hydrogen-bond acceptors (Lipinski definition) is 2. The number of nitrogens with zero attached hydrogens (tertiary/aromatic N) is 1. The van der Waals surface area contributed by atoms with Gasteiger partial charge in [0.15, 0.2) is 0 Å². The number of pyridine rings is 1. The van der Waals surface area contributed by atoms with Gasteiger partial charge < -0.3 is 4.74 Å². The third-order valence-electron chi connectivity index (χ3n) is 2.21. The summed E-state index contributed by atoms with van der Waals surface area (Å²) in [5, 5.41) is 2.21. The van der Waals surface area contributed by atoms with Crippen LogP contribution in [0.25, 0.3) is 10.8 Å². The SMILES string of the molecule is COc1ncc(C)c2c(Br)cccc12. The van der Waals surface area contributed by atoms with Gasteiger partial charge >= 0.3 is 0 Å². The van der Waals surface area contributed by atoms with E-state index in [4.69, 9.17) is 4.74 Å². The number of methoxy groups -OCH3 is 1. The molecule has 0 spiro atoms. The first-order chi connectivity index (χ1) is 6.74. The number of aromatic nitrogens is 1. The molecule has 0 fully saturated rings. The van der Waals surface area contributed by atoms with E-state index in [0.29, 0.717) is 5.88 Å². The van der Waals surface area contributed by atoms with Crippen LogP contribution in [-0.4, -0.2) is 12.1 Å². The third kappa shape index (κ3) is 1.38. The molecule has 2 nitrogen and oxygen atoms in total. The molecule has 2 rings (SSSR count). The Morgan fingerprint density at radius 2 is 2.14 bits per heavy atom. The van der Waals surface area contributed by atoms with E-state index in [-0.39, 0.29) is 0 Å². The molecule has 0 saturated carbocycles. The van der Waals surface area contributed by atoms with Crippen LogP contribution in [0.2, 0.25) is 0 Å². The number of benzene rings is 1. The summed E-state index contributed by atoms with van der Waals surface area (Å²) in [6.45, 7) is 2.04. The minimum atomic E-state index is 0.673. The van der Waals surface area contributed by atoms with E-state index in [0.717, 1.165) is 15.4 Å². The van der Waals surface area contributed by atoms with Crippen molar-refractivity contribution in [2.75, 3.05) is 7.11 Å². The van der Waals surface area contributed by atoms with Crippen molar-refractivity contribution < 1.29 is 4.74 Å². The predicted octanol–water partition coefficient (Wildman–Crippen LogP) is 3.31. The predicted molar refractivity (Wildman–Crippen MR) is 60.7 cm³/mol. The Bertz CT molecular complexity index is 474. The van der Waals surface area contributed by atoms with E-state index in [1.165, 1.54) is 5.39 Å². The number of ether oxygens (including phenoxy) is 1. The maximum Gasteiger partial charge on any atom is 0.221 e. The van der Waals surface area contributed by atoms with Crippen LogP contribution in [0.3, 0.4) is 0 Å². The Balaban J connectivity index is 2.91. The molecule has 0 amide bonds. The Morgan fingerprint density at radius 3 is 2.86 bits per heavy atom. The standard InChI is InChI=1S/C11H10BrNO/c1-7-6-13-11(14-2)8-4-3-5-9(12)10(7)8/h3-6H,1-2H3. The molecular weight excluding hydrogens is 242 g/mol. The highest BCUT2D eigenvalue weighted by atomic mass is 79.9. The summed E-state index contributed by atoms with van der Waals surface area (Å²) in [5.41, 5.74) is 1.15. The lowest BCUT2D eigenvalue weighted by Gasteiger charge is -2.07. The van der Waals surface area contributed by atoms with Crippen LogP contribution < -0.4 is 4.74 Å². The Labute approximate surface area is 91.0 Å². The van der Waals surface area contributed by atoms with Gasteiger partial charge in [0, 0.05) is 21.4 Å². The molecule has 0 aliphatic carbocycles. The summed E-state index contributed by atoms with van der Waals surface area (Å²) in [6.07, 6.45) is 1.83. The first-order valence-electron chi connectivity index (χ1n) is 4.32. The number of aryl methyl sites for hydroxylation is 1. The van der Waals surface area contributed by atoms with Crippen molar-refractivity contribution in [1.29, 1.82) is 0 Å². The maximum atomic E-state index is 5.21. The molecule has 0 aliphatic heterocycles. The van der Waals surface area contributed by atoms with E-state index in [9.17, 15) is 0 Å². The lowest BCUT2D eigenvalue weighted by molar-refractivity contribution is 0.403. The highest BCUT2D eigenvalue weighted by Gasteiger charge is 2.07. The zero-order valence-electron chi connectivity index (χ0n) is 8.04. The Morgan fingerprint density at radius 1 is 1.36 bits per heavy atom. The molecular formula is C11H10BrNO. The van der Waals surface area contributed by atoms with Crippen molar-refractivity contribution in [2.45, 2.75) is 6.92 Å². The summed E-state index contributed by atoms with van der Waals surface area (Å²) in [7, 11) is 1.64. The highest BCUT2D eigenvalue weighted by Crippen LogP contribution is 2.31. The van der Waals surface area contributed by atoms with Crippen molar-refractivity contribution >= 4 is 26.7 Å². The van der Waals surface area contributed by atoms with Gasteiger partial charge in [-0.05, 0) is 24.6 Å². The van der Waals surface area contributed by atoms with E-state index in [1.54, 1.807) is 7.11 Å². The molecule has 72 valence electrons. The second-order valence-corrected chi connectivity index (χ2v) is 3.97. The molecule has 0 bridgehead atoms. The molecule has 0 aliphatic rings. The van der Waals surface area contributed by atoms with Crippen LogP contribution in [0.5, 0.6) is 5.88 Å². The monoisotopic (exact) mass is 251 g/mol. The van der Waals surface area contributed by atoms with Crippen LogP contribution >= 0.6 is 15.9 Å². The van der Waals surface area contributed by atoms with Crippen molar-refractivity contribution in [2.24, 2.45) is 0 Å². The van der Waals surface area contributed by atoms with Crippen molar-refractivity contribution in [1.82, 2.24) is 4.98 Å². The van der Waals surface area contributed by atoms with Crippen molar-refractivity contribution in [3.8, 4) is 5.88 Å². The highest BCUT2D eigenvalue weighted by molar-refractivity contribution is 9.10. The van der Waals surface area contributed by atoms with Crippen molar-refractivity contribution in [3.05, 3.63) is 34.4 Å². The Kier molecular flexibility index (Phi) is 2.42. The van der Waals surface area contributed by atoms with Gasteiger partial charge in [-0.3, -0.25) is 0 Å². The lowest BCUT2D eigenvalue weighted by atomic mass is 10.1. The molecule has 0 unspecified atom stereocenters. The van der Waals surface area contributed by atoms with Gasteiger partial charge in [-0.25, -0.2) is 4.98 Å². The van der Waals surface area contributed by atoms with E-state index < -0.39 is 0 Å². The van der Waals surface area contributed by atoms with Gasteiger partial charge in [0.05, 0.1) is 7.11 Å². The lowest BCUT2D eigenvalue weighted by Crippen LogP contribution is -1.91. The van der Waals surface area contributed by atoms with Gasteiger partial charge in [0.2, 0.25) is 5.88 Å². The van der Waals surface area contributed by atoms with Crippen molar-refractivity contribution in [3.63, 3.8) is 0 Å². The fourth-order valence-electron chi connectivity index (χ4n) is 1.56. The molecule has 1 aromatic heterocycles.